The van der Waals surface area contributed by atoms with Gasteiger partial charge in [0.25, 0.3) is 5.69 Å². The van der Waals surface area contributed by atoms with Crippen LogP contribution in [-0.2, 0) is 9.59 Å². The highest BCUT2D eigenvalue weighted by Crippen LogP contribution is 2.28. The number of methoxy groups -OCH3 is 1. The van der Waals surface area contributed by atoms with Crippen molar-refractivity contribution >= 4 is 23.2 Å². The number of aliphatic hydroxyl groups is 1. The Balaban J connectivity index is 2.80. The molecule has 3 N–H and O–H groups in total. The first-order valence-electron chi connectivity index (χ1n) is 6.02. The number of carbonyl (C=O) groups excluding carboxylic acids is 2. The van der Waals surface area contributed by atoms with Crippen LogP contribution in [0.5, 0.6) is 5.75 Å². The first-order chi connectivity index (χ1) is 9.99. The van der Waals surface area contributed by atoms with E-state index < -0.39 is 16.7 Å². The van der Waals surface area contributed by atoms with Crippen molar-refractivity contribution in [2.45, 2.75) is 6.42 Å². The van der Waals surface area contributed by atoms with Gasteiger partial charge in [-0.25, -0.2) is 0 Å². The van der Waals surface area contributed by atoms with E-state index in [2.05, 4.69) is 10.6 Å². The van der Waals surface area contributed by atoms with Gasteiger partial charge in [0.05, 0.1) is 17.7 Å². The molecular formula is C12H15N3O6. The van der Waals surface area contributed by atoms with E-state index >= 15 is 0 Å². The van der Waals surface area contributed by atoms with E-state index in [0.717, 1.165) is 6.07 Å². The molecule has 0 aliphatic carbocycles. The number of amides is 2. The lowest BCUT2D eigenvalue weighted by molar-refractivity contribution is -0.384. The fourth-order valence-corrected chi connectivity index (χ4v) is 1.45. The molecule has 0 saturated heterocycles. The summed E-state index contributed by atoms with van der Waals surface area (Å²) in [6.07, 6.45) is 0.319. The molecule has 0 aromatic heterocycles. The molecule has 21 heavy (non-hydrogen) atoms. The number of benzene rings is 1. The van der Waals surface area contributed by atoms with Gasteiger partial charge in [-0.2, -0.15) is 0 Å². The van der Waals surface area contributed by atoms with E-state index in [4.69, 9.17) is 9.84 Å². The number of ether oxygens (including phenoxy) is 1. The molecule has 0 saturated carbocycles. The Morgan fingerprint density at radius 1 is 1.38 bits per heavy atom. The summed E-state index contributed by atoms with van der Waals surface area (Å²) in [6, 6.07) is 3.63. The maximum atomic E-state index is 11.6. The molecule has 0 atom stereocenters. The number of rotatable bonds is 6. The van der Waals surface area contributed by atoms with E-state index in [9.17, 15) is 19.7 Å². The standard InChI is InChI=1S/C12H15N3O6/c1-21-10-4-3-8(15(19)20)7-9(10)14-12(18)11(17)13-5-2-6-16/h3-4,7,16H,2,5-6H2,1H3,(H,13,17)(H,14,18). The van der Waals surface area contributed by atoms with Crippen molar-refractivity contribution in [2.75, 3.05) is 25.6 Å². The topological polar surface area (TPSA) is 131 Å². The molecule has 9 nitrogen and oxygen atoms in total. The van der Waals surface area contributed by atoms with Crippen LogP contribution in [0.15, 0.2) is 18.2 Å². The van der Waals surface area contributed by atoms with Gasteiger partial charge < -0.3 is 20.5 Å². The van der Waals surface area contributed by atoms with E-state index in [0.29, 0.717) is 6.42 Å². The number of nitrogens with one attached hydrogen (secondary N) is 2. The average Bonchev–Trinajstić information content (AvgIpc) is 2.47. The van der Waals surface area contributed by atoms with Crippen molar-refractivity contribution in [3.63, 3.8) is 0 Å². The fourth-order valence-electron chi connectivity index (χ4n) is 1.45. The normalized spacial score (nSPS) is 9.81. The van der Waals surface area contributed by atoms with Crippen LogP contribution in [0.2, 0.25) is 0 Å². The molecule has 114 valence electrons. The highest BCUT2D eigenvalue weighted by molar-refractivity contribution is 6.39. The van der Waals surface area contributed by atoms with Gasteiger partial charge in [-0.1, -0.05) is 0 Å². The van der Waals surface area contributed by atoms with E-state index in [1.165, 1.54) is 19.2 Å². The summed E-state index contributed by atoms with van der Waals surface area (Å²) in [7, 11) is 1.33. The number of carbonyl (C=O) groups is 2. The van der Waals surface area contributed by atoms with Crippen LogP contribution in [0, 0.1) is 10.1 Å². The molecule has 0 bridgehead atoms. The number of nitro benzene ring substituents is 1. The van der Waals surface area contributed by atoms with Gasteiger partial charge in [0, 0.05) is 25.3 Å². The molecule has 0 spiro atoms. The van der Waals surface area contributed by atoms with Crippen molar-refractivity contribution < 1.29 is 24.4 Å². The SMILES string of the molecule is COc1ccc([N+](=O)[O-])cc1NC(=O)C(=O)NCCCO. The monoisotopic (exact) mass is 297 g/mol. The number of nitrogens with zero attached hydrogens (tertiary/aromatic N) is 1. The molecule has 1 aromatic carbocycles. The van der Waals surface area contributed by atoms with Crippen LogP contribution in [0.25, 0.3) is 0 Å². The number of aliphatic hydroxyl groups excluding tert-OH is 1. The van der Waals surface area contributed by atoms with Crippen LogP contribution in [0.4, 0.5) is 11.4 Å². The largest absolute Gasteiger partial charge is 0.495 e. The van der Waals surface area contributed by atoms with Crippen molar-refractivity contribution in [2.24, 2.45) is 0 Å². The quantitative estimate of drug-likeness (QED) is 0.294. The summed E-state index contributed by atoms with van der Waals surface area (Å²) in [5.74, 6) is -1.69. The van der Waals surface area contributed by atoms with E-state index in [1.54, 1.807) is 0 Å². The highest BCUT2D eigenvalue weighted by atomic mass is 16.6. The van der Waals surface area contributed by atoms with Gasteiger partial charge in [0.1, 0.15) is 5.75 Å². The summed E-state index contributed by atoms with van der Waals surface area (Å²) in [5.41, 5.74) is -0.221. The van der Waals surface area contributed by atoms with Gasteiger partial charge in [-0.05, 0) is 12.5 Å². The number of hydrogen-bond donors (Lipinski definition) is 3. The minimum Gasteiger partial charge on any atom is -0.495 e. The van der Waals surface area contributed by atoms with Gasteiger partial charge in [0.2, 0.25) is 0 Å². The Morgan fingerprint density at radius 2 is 2.10 bits per heavy atom. The Bertz CT molecular complexity index is 546. The third-order valence-electron chi connectivity index (χ3n) is 2.47. The smallest absolute Gasteiger partial charge is 0.313 e. The summed E-state index contributed by atoms with van der Waals surface area (Å²) in [4.78, 5) is 33.2. The first-order valence-corrected chi connectivity index (χ1v) is 6.02. The van der Waals surface area contributed by atoms with Crippen molar-refractivity contribution in [1.29, 1.82) is 0 Å². The van der Waals surface area contributed by atoms with Gasteiger partial charge in [0.15, 0.2) is 0 Å². The molecule has 2 amide bonds. The number of nitro groups is 1. The fraction of sp³-hybridized carbons (Fsp3) is 0.333. The van der Waals surface area contributed by atoms with Crippen LogP contribution >= 0.6 is 0 Å². The van der Waals surface area contributed by atoms with Gasteiger partial charge >= 0.3 is 11.8 Å². The Morgan fingerprint density at radius 3 is 2.67 bits per heavy atom. The molecule has 0 radical (unpaired) electrons. The molecule has 0 aliphatic rings. The summed E-state index contributed by atoms with van der Waals surface area (Å²) in [6.45, 7) is 0.0371. The highest BCUT2D eigenvalue weighted by Gasteiger charge is 2.17. The second kappa shape index (κ2) is 7.80. The molecule has 9 heteroatoms. The van der Waals surface area contributed by atoms with Crippen LogP contribution in [0.1, 0.15) is 6.42 Å². The third kappa shape index (κ3) is 4.73. The number of non-ortho nitro benzene ring substituents is 1. The molecular weight excluding hydrogens is 282 g/mol. The van der Waals surface area contributed by atoms with Crippen molar-refractivity contribution in [3.8, 4) is 5.75 Å². The first kappa shape index (κ1) is 16.4. The maximum absolute atomic E-state index is 11.6. The lowest BCUT2D eigenvalue weighted by Crippen LogP contribution is -2.36. The molecule has 0 heterocycles. The lowest BCUT2D eigenvalue weighted by Gasteiger charge is -2.09. The zero-order valence-corrected chi connectivity index (χ0v) is 11.3. The zero-order valence-electron chi connectivity index (χ0n) is 11.3. The molecule has 0 aliphatic heterocycles. The second-order valence-electron chi connectivity index (χ2n) is 3.93. The van der Waals surface area contributed by atoms with Gasteiger partial charge in [-0.15, -0.1) is 0 Å². The molecule has 1 rings (SSSR count). The zero-order chi connectivity index (χ0) is 15.8. The van der Waals surface area contributed by atoms with Crippen LogP contribution in [-0.4, -0.2) is 42.1 Å². The second-order valence-corrected chi connectivity index (χ2v) is 3.93. The number of anilines is 1. The van der Waals surface area contributed by atoms with Gasteiger partial charge in [-0.3, -0.25) is 19.7 Å². The predicted octanol–water partition coefficient (Wildman–Crippen LogP) is 0.0405. The minimum atomic E-state index is -0.980. The molecule has 1 aromatic rings. The third-order valence-corrected chi connectivity index (χ3v) is 2.47. The average molecular weight is 297 g/mol. The van der Waals surface area contributed by atoms with Crippen LogP contribution < -0.4 is 15.4 Å². The lowest BCUT2D eigenvalue weighted by atomic mass is 10.2. The summed E-state index contributed by atoms with van der Waals surface area (Å²) < 4.78 is 4.96. The van der Waals surface area contributed by atoms with E-state index in [-0.39, 0.29) is 30.3 Å². The molecule has 0 unspecified atom stereocenters. The Labute approximate surface area is 120 Å². The maximum Gasteiger partial charge on any atom is 0.313 e. The Hall–Kier alpha value is -2.68. The Kier molecular flexibility index (Phi) is 6.08. The molecule has 0 fully saturated rings. The van der Waals surface area contributed by atoms with Crippen LogP contribution in [0.3, 0.4) is 0 Å². The van der Waals surface area contributed by atoms with Crippen molar-refractivity contribution in [1.82, 2.24) is 5.32 Å². The van der Waals surface area contributed by atoms with Crippen molar-refractivity contribution in [3.05, 3.63) is 28.3 Å². The predicted molar refractivity (Wildman–Crippen MR) is 73.0 cm³/mol. The number of hydrogen-bond acceptors (Lipinski definition) is 6. The summed E-state index contributed by atoms with van der Waals surface area (Å²) in [5, 5.41) is 23.8. The minimum absolute atomic E-state index is 0.0222. The van der Waals surface area contributed by atoms with E-state index in [1.807, 2.05) is 0 Å². The summed E-state index contributed by atoms with van der Waals surface area (Å²) >= 11 is 0.